The van der Waals surface area contributed by atoms with Crippen molar-refractivity contribution in [1.82, 2.24) is 15.5 Å². The van der Waals surface area contributed by atoms with Gasteiger partial charge in [0, 0.05) is 37.8 Å². The molecule has 1 amide bonds. The molecule has 1 unspecified atom stereocenters. The van der Waals surface area contributed by atoms with Crippen LogP contribution in [0.3, 0.4) is 0 Å². The molecule has 148 valence electrons. The lowest BCUT2D eigenvalue weighted by molar-refractivity contribution is -0.133. The van der Waals surface area contributed by atoms with Crippen molar-refractivity contribution in [2.24, 2.45) is 10.9 Å². The van der Waals surface area contributed by atoms with Gasteiger partial charge in [0.05, 0.1) is 11.3 Å². The Morgan fingerprint density at radius 1 is 1.36 bits per heavy atom. The molecule has 1 heterocycles. The summed E-state index contributed by atoms with van der Waals surface area (Å²) in [7, 11) is -3.19. The minimum Gasteiger partial charge on any atom is -0.357 e. The van der Waals surface area contributed by atoms with Crippen molar-refractivity contribution in [3.63, 3.8) is 0 Å². The van der Waals surface area contributed by atoms with E-state index < -0.39 is 14.6 Å². The highest BCUT2D eigenvalue weighted by atomic mass is 127. The molecule has 1 atom stereocenters. The summed E-state index contributed by atoms with van der Waals surface area (Å²) < 4.78 is 22.7. The topological polar surface area (TPSA) is 90.9 Å². The fraction of sp³-hybridized carbons (Fsp3) is 0.875. The van der Waals surface area contributed by atoms with E-state index in [1.54, 1.807) is 13.8 Å². The van der Waals surface area contributed by atoms with Gasteiger partial charge < -0.3 is 15.5 Å². The van der Waals surface area contributed by atoms with Crippen LogP contribution >= 0.6 is 24.0 Å². The molecule has 0 spiro atoms. The SMILES string of the molecule is CCNC(=NCC(C)(C)S(C)(=O)=O)NC1CCN(C(=O)C(C)C)C1.I. The number of hydrogen-bond donors (Lipinski definition) is 2. The van der Waals surface area contributed by atoms with Crippen molar-refractivity contribution in [1.29, 1.82) is 0 Å². The van der Waals surface area contributed by atoms with Gasteiger partial charge in [-0.1, -0.05) is 13.8 Å². The highest BCUT2D eigenvalue weighted by molar-refractivity contribution is 14.0. The summed E-state index contributed by atoms with van der Waals surface area (Å²) in [5, 5.41) is 6.46. The molecule has 0 saturated carbocycles. The lowest BCUT2D eigenvalue weighted by Gasteiger charge is -2.23. The maximum Gasteiger partial charge on any atom is 0.225 e. The van der Waals surface area contributed by atoms with Gasteiger partial charge in [0.25, 0.3) is 0 Å². The Labute approximate surface area is 169 Å². The third-order valence-electron chi connectivity index (χ3n) is 4.30. The minimum atomic E-state index is -3.19. The number of carbonyl (C=O) groups is 1. The molecule has 1 fully saturated rings. The highest BCUT2D eigenvalue weighted by Crippen LogP contribution is 2.16. The van der Waals surface area contributed by atoms with Crippen molar-refractivity contribution in [2.75, 3.05) is 32.4 Å². The van der Waals surface area contributed by atoms with Crippen molar-refractivity contribution >= 4 is 45.7 Å². The zero-order chi connectivity index (χ0) is 18.5. The Hall–Kier alpha value is -0.580. The van der Waals surface area contributed by atoms with Crippen molar-refractivity contribution in [3.05, 3.63) is 0 Å². The van der Waals surface area contributed by atoms with Gasteiger partial charge in [-0.2, -0.15) is 0 Å². The van der Waals surface area contributed by atoms with Crippen LogP contribution in [0, 0.1) is 5.92 Å². The number of amides is 1. The van der Waals surface area contributed by atoms with Crippen LogP contribution in [0.1, 0.15) is 41.0 Å². The average Bonchev–Trinajstić information content (AvgIpc) is 2.91. The second kappa shape index (κ2) is 9.94. The van der Waals surface area contributed by atoms with Gasteiger partial charge >= 0.3 is 0 Å². The second-order valence-electron chi connectivity index (χ2n) is 7.30. The molecule has 0 radical (unpaired) electrons. The van der Waals surface area contributed by atoms with E-state index in [1.165, 1.54) is 6.26 Å². The Morgan fingerprint density at radius 3 is 2.44 bits per heavy atom. The number of guanidine groups is 1. The van der Waals surface area contributed by atoms with Crippen LogP contribution in [-0.2, 0) is 14.6 Å². The number of nitrogens with zero attached hydrogens (tertiary/aromatic N) is 2. The van der Waals surface area contributed by atoms with Gasteiger partial charge in [-0.25, -0.2) is 8.42 Å². The smallest absolute Gasteiger partial charge is 0.225 e. The second-order valence-corrected chi connectivity index (χ2v) is 9.95. The standard InChI is InChI=1S/C16H32N4O3S.HI/c1-7-17-15(18-11-16(4,5)24(6,22)23)19-13-8-9-20(10-13)14(21)12(2)3;/h12-13H,7-11H2,1-6H3,(H2,17,18,19);1H. The number of rotatable bonds is 6. The maximum absolute atomic E-state index is 12.1. The van der Waals surface area contributed by atoms with E-state index in [2.05, 4.69) is 15.6 Å². The van der Waals surface area contributed by atoms with Gasteiger partial charge in [-0.15, -0.1) is 24.0 Å². The summed E-state index contributed by atoms with van der Waals surface area (Å²) in [6.07, 6.45) is 2.09. The predicted octanol–water partition coefficient (Wildman–Crippen LogP) is 1.24. The van der Waals surface area contributed by atoms with E-state index in [0.717, 1.165) is 13.0 Å². The molecule has 0 aromatic carbocycles. The molecule has 1 saturated heterocycles. The predicted molar refractivity (Wildman–Crippen MR) is 113 cm³/mol. The molecule has 9 heteroatoms. The van der Waals surface area contributed by atoms with E-state index in [1.807, 2.05) is 25.7 Å². The number of hydrogen-bond acceptors (Lipinski definition) is 4. The van der Waals surface area contributed by atoms with Crippen LogP contribution in [0.5, 0.6) is 0 Å². The third kappa shape index (κ3) is 7.28. The average molecular weight is 488 g/mol. The Morgan fingerprint density at radius 2 is 1.96 bits per heavy atom. The molecule has 1 aliphatic heterocycles. The quantitative estimate of drug-likeness (QED) is 0.334. The molecule has 0 aromatic rings. The lowest BCUT2D eigenvalue weighted by Crippen LogP contribution is -2.46. The van der Waals surface area contributed by atoms with E-state index in [4.69, 9.17) is 0 Å². The van der Waals surface area contributed by atoms with Gasteiger partial charge in [0.2, 0.25) is 5.91 Å². The Bertz CT molecular complexity index is 576. The number of likely N-dealkylation sites (tertiary alicyclic amines) is 1. The van der Waals surface area contributed by atoms with Gasteiger partial charge in [0.15, 0.2) is 15.8 Å². The van der Waals surface area contributed by atoms with Gasteiger partial charge in [-0.3, -0.25) is 9.79 Å². The maximum atomic E-state index is 12.1. The van der Waals surface area contributed by atoms with Crippen molar-refractivity contribution in [2.45, 2.75) is 51.8 Å². The molecule has 1 aliphatic rings. The van der Waals surface area contributed by atoms with Crippen molar-refractivity contribution < 1.29 is 13.2 Å². The van der Waals surface area contributed by atoms with Gasteiger partial charge in [-0.05, 0) is 27.2 Å². The normalized spacial score (nSPS) is 18.9. The first-order valence-electron chi connectivity index (χ1n) is 8.51. The van der Waals surface area contributed by atoms with Crippen LogP contribution in [0.4, 0.5) is 0 Å². The molecule has 25 heavy (non-hydrogen) atoms. The fourth-order valence-electron chi connectivity index (χ4n) is 2.34. The molecule has 0 aromatic heterocycles. The third-order valence-corrected chi connectivity index (χ3v) is 6.44. The summed E-state index contributed by atoms with van der Waals surface area (Å²) in [4.78, 5) is 18.4. The molecular formula is C16H33IN4O3S. The molecule has 2 N–H and O–H groups in total. The number of nitrogens with one attached hydrogen (secondary N) is 2. The molecule has 1 rings (SSSR count). The Balaban J connectivity index is 0.00000576. The van der Waals surface area contributed by atoms with Crippen LogP contribution in [0.25, 0.3) is 0 Å². The lowest BCUT2D eigenvalue weighted by atomic mass is 10.2. The van der Waals surface area contributed by atoms with E-state index in [0.29, 0.717) is 19.0 Å². The van der Waals surface area contributed by atoms with Crippen LogP contribution < -0.4 is 10.6 Å². The summed E-state index contributed by atoms with van der Waals surface area (Å²) in [6.45, 7) is 11.4. The Kier molecular flexibility index (Phi) is 9.71. The summed E-state index contributed by atoms with van der Waals surface area (Å²) in [5.74, 6) is 0.763. The summed E-state index contributed by atoms with van der Waals surface area (Å²) in [5.41, 5.74) is 0. The van der Waals surface area contributed by atoms with Crippen LogP contribution in [0.2, 0.25) is 0 Å². The first kappa shape index (κ1) is 24.4. The summed E-state index contributed by atoms with van der Waals surface area (Å²) >= 11 is 0. The number of halogens is 1. The van der Waals surface area contributed by atoms with E-state index in [9.17, 15) is 13.2 Å². The summed E-state index contributed by atoms with van der Waals surface area (Å²) in [6, 6.07) is 0.131. The van der Waals surface area contributed by atoms with Gasteiger partial charge in [0.1, 0.15) is 0 Å². The fourth-order valence-corrected chi connectivity index (χ4v) is 2.64. The number of sulfone groups is 1. The molecule has 7 nitrogen and oxygen atoms in total. The highest BCUT2D eigenvalue weighted by Gasteiger charge is 2.31. The largest absolute Gasteiger partial charge is 0.357 e. The zero-order valence-electron chi connectivity index (χ0n) is 16.1. The van der Waals surface area contributed by atoms with Crippen molar-refractivity contribution in [3.8, 4) is 0 Å². The molecule has 0 bridgehead atoms. The zero-order valence-corrected chi connectivity index (χ0v) is 19.3. The monoisotopic (exact) mass is 488 g/mol. The first-order chi connectivity index (χ1) is 11.0. The number of aliphatic imine (C=N–C) groups is 1. The minimum absolute atomic E-state index is 0. The van der Waals surface area contributed by atoms with E-state index in [-0.39, 0.29) is 48.4 Å². The molecule has 0 aliphatic carbocycles. The van der Waals surface area contributed by atoms with Crippen LogP contribution in [-0.4, -0.2) is 68.4 Å². The molecular weight excluding hydrogens is 455 g/mol. The van der Waals surface area contributed by atoms with E-state index >= 15 is 0 Å². The number of carbonyl (C=O) groups excluding carboxylic acids is 1. The first-order valence-corrected chi connectivity index (χ1v) is 10.4. The van der Waals surface area contributed by atoms with Crippen LogP contribution in [0.15, 0.2) is 4.99 Å².